The molecule has 1 aromatic rings. The predicted molar refractivity (Wildman–Crippen MR) is 99.0 cm³/mol. The smallest absolute Gasteiger partial charge is 0.308 e. The van der Waals surface area contributed by atoms with E-state index in [1.165, 1.54) is 13.2 Å². The summed E-state index contributed by atoms with van der Waals surface area (Å²) >= 11 is 0. The van der Waals surface area contributed by atoms with Crippen LogP contribution in [0.1, 0.15) is 18.4 Å². The normalized spacial score (nSPS) is 14.9. The third-order valence-electron chi connectivity index (χ3n) is 4.30. The van der Waals surface area contributed by atoms with Crippen molar-refractivity contribution in [1.29, 1.82) is 0 Å². The third-order valence-corrected chi connectivity index (χ3v) is 4.30. The largest absolute Gasteiger partial charge is 0.493 e. The van der Waals surface area contributed by atoms with Gasteiger partial charge in [-0.05, 0) is 36.6 Å². The molecule has 0 spiro atoms. The minimum atomic E-state index is -0.196. The molecule has 0 aromatic heterocycles. The van der Waals surface area contributed by atoms with E-state index in [2.05, 4.69) is 6.58 Å². The van der Waals surface area contributed by atoms with Gasteiger partial charge in [-0.1, -0.05) is 18.7 Å². The fourth-order valence-corrected chi connectivity index (χ4v) is 2.83. The molecule has 1 aromatic carbocycles. The lowest BCUT2D eigenvalue weighted by Crippen LogP contribution is -2.39. The summed E-state index contributed by atoms with van der Waals surface area (Å²) in [6.45, 7) is 5.12. The van der Waals surface area contributed by atoms with E-state index in [0.29, 0.717) is 44.0 Å². The molecule has 0 radical (unpaired) electrons. The molecule has 140 valence electrons. The van der Waals surface area contributed by atoms with Gasteiger partial charge in [0, 0.05) is 19.2 Å². The van der Waals surface area contributed by atoms with Crippen LogP contribution in [0.5, 0.6) is 11.5 Å². The number of ether oxygens (including phenoxy) is 3. The molecule has 1 amide bonds. The first-order valence-corrected chi connectivity index (χ1v) is 8.55. The second kappa shape index (κ2) is 9.65. The summed E-state index contributed by atoms with van der Waals surface area (Å²) in [5.41, 5.74) is 0.839. The molecule has 6 heteroatoms. The van der Waals surface area contributed by atoms with Gasteiger partial charge in [0.2, 0.25) is 5.91 Å². The molecule has 0 unspecified atom stereocenters. The van der Waals surface area contributed by atoms with Gasteiger partial charge < -0.3 is 19.1 Å². The maximum atomic E-state index is 12.3. The topological polar surface area (TPSA) is 65.1 Å². The van der Waals surface area contributed by atoms with Crippen LogP contribution in [0.4, 0.5) is 0 Å². The van der Waals surface area contributed by atoms with Crippen molar-refractivity contribution >= 4 is 18.0 Å². The Bertz CT molecular complexity index is 675. The molecule has 1 saturated heterocycles. The molecule has 1 fully saturated rings. The second-order valence-electron chi connectivity index (χ2n) is 5.97. The molecule has 0 bridgehead atoms. The summed E-state index contributed by atoms with van der Waals surface area (Å²) in [7, 11) is 2.96. The van der Waals surface area contributed by atoms with Gasteiger partial charge >= 0.3 is 5.97 Å². The summed E-state index contributed by atoms with van der Waals surface area (Å²) in [6, 6.07) is 5.47. The Balaban J connectivity index is 1.95. The number of rotatable bonds is 7. The van der Waals surface area contributed by atoms with E-state index in [-0.39, 0.29) is 17.8 Å². The van der Waals surface area contributed by atoms with Gasteiger partial charge in [-0.25, -0.2) is 0 Å². The molecule has 1 heterocycles. The van der Waals surface area contributed by atoms with Crippen LogP contribution >= 0.6 is 0 Å². The molecule has 1 aliphatic rings. The van der Waals surface area contributed by atoms with Gasteiger partial charge in [-0.2, -0.15) is 0 Å². The number of carbonyl (C=O) groups is 2. The maximum absolute atomic E-state index is 12.3. The van der Waals surface area contributed by atoms with E-state index in [9.17, 15) is 9.59 Å². The average Bonchev–Trinajstić information content (AvgIpc) is 2.70. The van der Waals surface area contributed by atoms with Crippen molar-refractivity contribution in [3.8, 4) is 11.5 Å². The fourth-order valence-electron chi connectivity index (χ4n) is 2.83. The van der Waals surface area contributed by atoms with Gasteiger partial charge in [0.25, 0.3) is 0 Å². The molecule has 0 N–H and O–H groups in total. The predicted octanol–water partition coefficient (Wildman–Crippen LogP) is 2.68. The minimum absolute atomic E-state index is 0.0701. The Labute approximate surface area is 154 Å². The molecule has 0 aliphatic carbocycles. The summed E-state index contributed by atoms with van der Waals surface area (Å²) in [4.78, 5) is 25.6. The van der Waals surface area contributed by atoms with Crippen molar-refractivity contribution in [3.05, 3.63) is 42.5 Å². The minimum Gasteiger partial charge on any atom is -0.493 e. The summed E-state index contributed by atoms with van der Waals surface area (Å²) in [6.07, 6.45) is 6.21. The number of nitrogens with zero attached hydrogens (tertiary/aromatic N) is 1. The first-order chi connectivity index (χ1) is 12.6. The SMILES string of the molecule is C=CCOc1ccc(/C=C/C(=O)N2CCC(C(=O)OC)CC2)cc1OC. The molecule has 1 aliphatic heterocycles. The van der Waals surface area contributed by atoms with Crippen molar-refractivity contribution in [1.82, 2.24) is 4.90 Å². The monoisotopic (exact) mass is 359 g/mol. The number of esters is 1. The standard InChI is InChI=1S/C20H25NO5/c1-4-13-26-17-7-5-15(14-18(17)24-2)6-8-19(22)21-11-9-16(10-12-21)20(23)25-3/h4-8,14,16H,1,9-13H2,2-3H3/b8-6+. The highest BCUT2D eigenvalue weighted by atomic mass is 16.5. The summed E-state index contributed by atoms with van der Waals surface area (Å²) < 4.78 is 15.6. The van der Waals surface area contributed by atoms with Crippen molar-refractivity contribution < 1.29 is 23.8 Å². The molecular formula is C20H25NO5. The van der Waals surface area contributed by atoms with Crippen LogP contribution in [-0.4, -0.2) is 50.7 Å². The number of methoxy groups -OCH3 is 2. The van der Waals surface area contributed by atoms with Gasteiger partial charge in [-0.3, -0.25) is 9.59 Å². The van der Waals surface area contributed by atoms with Crippen molar-refractivity contribution in [2.45, 2.75) is 12.8 Å². The van der Waals surface area contributed by atoms with Crippen LogP contribution in [0.3, 0.4) is 0 Å². The number of benzene rings is 1. The van der Waals surface area contributed by atoms with E-state index in [1.807, 2.05) is 12.1 Å². The van der Waals surface area contributed by atoms with E-state index < -0.39 is 0 Å². The van der Waals surface area contributed by atoms with E-state index >= 15 is 0 Å². The Morgan fingerprint density at radius 1 is 1.23 bits per heavy atom. The molecule has 6 nitrogen and oxygen atoms in total. The van der Waals surface area contributed by atoms with Gasteiger partial charge in [-0.15, -0.1) is 0 Å². The molecule has 0 atom stereocenters. The molecule has 0 saturated carbocycles. The lowest BCUT2D eigenvalue weighted by Gasteiger charge is -2.29. The van der Waals surface area contributed by atoms with E-state index in [1.54, 1.807) is 30.2 Å². The number of hydrogen-bond acceptors (Lipinski definition) is 5. The summed E-state index contributed by atoms with van der Waals surface area (Å²) in [5.74, 6) is 0.847. The van der Waals surface area contributed by atoms with Crippen LogP contribution in [-0.2, 0) is 14.3 Å². The highest BCUT2D eigenvalue weighted by molar-refractivity contribution is 5.92. The Kier molecular flexibility index (Phi) is 7.26. The van der Waals surface area contributed by atoms with E-state index in [0.717, 1.165) is 5.56 Å². The van der Waals surface area contributed by atoms with Crippen LogP contribution in [0.2, 0.25) is 0 Å². The molecular weight excluding hydrogens is 334 g/mol. The lowest BCUT2D eigenvalue weighted by atomic mass is 9.97. The Hall–Kier alpha value is -2.76. The zero-order chi connectivity index (χ0) is 18.9. The lowest BCUT2D eigenvalue weighted by molar-refractivity contribution is -0.148. The number of piperidine rings is 1. The first-order valence-electron chi connectivity index (χ1n) is 8.55. The van der Waals surface area contributed by atoms with Gasteiger partial charge in [0.15, 0.2) is 11.5 Å². The van der Waals surface area contributed by atoms with Crippen LogP contribution in [0, 0.1) is 5.92 Å². The zero-order valence-corrected chi connectivity index (χ0v) is 15.3. The number of carbonyl (C=O) groups excluding carboxylic acids is 2. The Morgan fingerprint density at radius 2 is 1.96 bits per heavy atom. The van der Waals surface area contributed by atoms with Crippen LogP contribution in [0.15, 0.2) is 36.9 Å². The highest BCUT2D eigenvalue weighted by Gasteiger charge is 2.26. The first kappa shape index (κ1) is 19.6. The number of hydrogen-bond donors (Lipinski definition) is 0. The maximum Gasteiger partial charge on any atom is 0.308 e. The number of amides is 1. The highest BCUT2D eigenvalue weighted by Crippen LogP contribution is 2.28. The third kappa shape index (κ3) is 5.12. The average molecular weight is 359 g/mol. The molecule has 2 rings (SSSR count). The number of likely N-dealkylation sites (tertiary alicyclic amines) is 1. The van der Waals surface area contributed by atoms with Crippen molar-refractivity contribution in [2.24, 2.45) is 5.92 Å². The Morgan fingerprint density at radius 3 is 2.58 bits per heavy atom. The van der Waals surface area contributed by atoms with Crippen LogP contribution < -0.4 is 9.47 Å². The summed E-state index contributed by atoms with van der Waals surface area (Å²) in [5, 5.41) is 0. The zero-order valence-electron chi connectivity index (χ0n) is 15.3. The second-order valence-corrected chi connectivity index (χ2v) is 5.97. The van der Waals surface area contributed by atoms with Crippen molar-refractivity contribution in [2.75, 3.05) is 33.9 Å². The van der Waals surface area contributed by atoms with E-state index in [4.69, 9.17) is 14.2 Å². The van der Waals surface area contributed by atoms with Crippen molar-refractivity contribution in [3.63, 3.8) is 0 Å². The van der Waals surface area contributed by atoms with Gasteiger partial charge in [0.1, 0.15) is 6.61 Å². The quantitative estimate of drug-likeness (QED) is 0.425. The molecule has 26 heavy (non-hydrogen) atoms. The fraction of sp³-hybridized carbons (Fsp3) is 0.400. The van der Waals surface area contributed by atoms with Gasteiger partial charge in [0.05, 0.1) is 20.1 Å². The van der Waals surface area contributed by atoms with Crippen LogP contribution in [0.25, 0.3) is 6.08 Å².